The minimum atomic E-state index is -2.07. The lowest BCUT2D eigenvalue weighted by molar-refractivity contribution is 0.0422. The van der Waals surface area contributed by atoms with E-state index in [0.29, 0.717) is 28.6 Å². The highest BCUT2D eigenvalue weighted by molar-refractivity contribution is 6.74. The summed E-state index contributed by atoms with van der Waals surface area (Å²) in [7, 11) is -4.06. The lowest BCUT2D eigenvalue weighted by Crippen LogP contribution is -2.53. The molecule has 184 valence electrons. The first-order valence-corrected chi connectivity index (χ1v) is 18.2. The van der Waals surface area contributed by atoms with E-state index in [0.717, 1.165) is 0 Å². The van der Waals surface area contributed by atoms with Crippen molar-refractivity contribution in [2.45, 2.75) is 109 Å². The minimum Gasteiger partial charge on any atom is -0.410 e. The van der Waals surface area contributed by atoms with E-state index in [1.165, 1.54) is 0 Å². The first kappa shape index (κ1) is 28.3. The van der Waals surface area contributed by atoms with Crippen LogP contribution in [0.4, 0.5) is 0 Å². The molecule has 1 fully saturated rings. The number of aliphatic hydroxyl groups is 1. The average Bonchev–Trinajstić information content (AvgIpc) is 2.93. The number of aliphatic hydroxyl groups excluding tert-OH is 1. The van der Waals surface area contributed by atoms with Gasteiger partial charge in [-0.3, -0.25) is 0 Å². The molecule has 0 amide bonds. The molecule has 2 rings (SSSR count). The predicted octanol–water partition coefficient (Wildman–Crippen LogP) is 7.17. The van der Waals surface area contributed by atoms with E-state index in [1.807, 2.05) is 0 Å². The molecule has 4 atom stereocenters. The van der Waals surface area contributed by atoms with Crippen LogP contribution in [0.3, 0.4) is 0 Å². The van der Waals surface area contributed by atoms with Crippen LogP contribution in [-0.2, 0) is 8.85 Å². The number of halogens is 2. The Bertz CT molecular complexity index is 770. The lowest BCUT2D eigenvalue weighted by Gasteiger charge is -2.44. The van der Waals surface area contributed by atoms with Crippen LogP contribution in [0.15, 0.2) is 18.2 Å². The maximum absolute atomic E-state index is 11.1. The van der Waals surface area contributed by atoms with Crippen LogP contribution in [0.5, 0.6) is 0 Å². The van der Waals surface area contributed by atoms with Crippen LogP contribution < -0.4 is 5.32 Å². The molecule has 0 bridgehead atoms. The van der Waals surface area contributed by atoms with Gasteiger partial charge >= 0.3 is 0 Å². The van der Waals surface area contributed by atoms with Gasteiger partial charge in [0.1, 0.15) is 0 Å². The number of hydrogen-bond donors (Lipinski definition) is 2. The summed E-state index contributed by atoms with van der Waals surface area (Å²) in [6.07, 6.45) is -0.518. The van der Waals surface area contributed by atoms with Crippen molar-refractivity contribution in [3.8, 4) is 0 Å². The maximum atomic E-state index is 11.1. The molecule has 1 aliphatic heterocycles. The maximum Gasteiger partial charge on any atom is 0.192 e. The average molecular weight is 521 g/mol. The molecule has 2 N–H and O–H groups in total. The molecule has 1 heterocycles. The zero-order chi connectivity index (χ0) is 24.7. The van der Waals surface area contributed by atoms with E-state index in [-0.39, 0.29) is 28.3 Å². The largest absolute Gasteiger partial charge is 0.410 e. The van der Waals surface area contributed by atoms with Gasteiger partial charge in [-0.1, -0.05) is 70.8 Å². The van der Waals surface area contributed by atoms with E-state index in [2.05, 4.69) is 73.0 Å². The van der Waals surface area contributed by atoms with Gasteiger partial charge in [-0.2, -0.15) is 0 Å². The number of rotatable bonds is 7. The second-order valence-electron chi connectivity index (χ2n) is 12.2. The number of hydrogen-bond acceptors (Lipinski definition) is 4. The Labute approximate surface area is 207 Å². The van der Waals surface area contributed by atoms with Crippen LogP contribution in [0.2, 0.25) is 46.3 Å². The van der Waals surface area contributed by atoms with Crippen molar-refractivity contribution in [2.75, 3.05) is 6.54 Å². The Morgan fingerprint density at radius 2 is 1.44 bits per heavy atom. The summed E-state index contributed by atoms with van der Waals surface area (Å²) in [4.78, 5) is 0. The van der Waals surface area contributed by atoms with Gasteiger partial charge in [0.25, 0.3) is 0 Å². The van der Waals surface area contributed by atoms with Crippen molar-refractivity contribution in [1.82, 2.24) is 5.32 Å². The van der Waals surface area contributed by atoms with Crippen LogP contribution in [0, 0.1) is 0 Å². The first-order chi connectivity index (χ1) is 14.4. The van der Waals surface area contributed by atoms with Gasteiger partial charge in [0.15, 0.2) is 16.6 Å². The highest BCUT2D eigenvalue weighted by atomic mass is 35.5. The highest BCUT2D eigenvalue weighted by Crippen LogP contribution is 2.43. The quantitative estimate of drug-likeness (QED) is 0.374. The molecule has 8 heteroatoms. The molecule has 0 radical (unpaired) electrons. The van der Waals surface area contributed by atoms with E-state index in [1.54, 1.807) is 18.2 Å². The zero-order valence-electron chi connectivity index (χ0n) is 21.5. The Morgan fingerprint density at radius 3 is 1.91 bits per heavy atom. The third kappa shape index (κ3) is 6.39. The van der Waals surface area contributed by atoms with Crippen molar-refractivity contribution in [1.29, 1.82) is 0 Å². The Hall–Kier alpha value is 0.0738. The van der Waals surface area contributed by atoms with Gasteiger partial charge in [-0.05, 0) is 54.8 Å². The summed E-state index contributed by atoms with van der Waals surface area (Å²) in [5, 5.41) is 15.8. The summed E-state index contributed by atoms with van der Waals surface area (Å²) < 4.78 is 13.8. The molecule has 32 heavy (non-hydrogen) atoms. The number of nitrogens with one attached hydrogen (secondary N) is 1. The third-order valence-corrected chi connectivity index (χ3v) is 17.3. The molecule has 4 nitrogen and oxygen atoms in total. The summed E-state index contributed by atoms with van der Waals surface area (Å²) in [6.45, 7) is 23.3. The van der Waals surface area contributed by atoms with Crippen molar-refractivity contribution in [3.05, 3.63) is 33.8 Å². The second kappa shape index (κ2) is 9.98. The van der Waals surface area contributed by atoms with Gasteiger partial charge in [0, 0.05) is 28.2 Å². The molecule has 0 saturated carbocycles. The molecule has 1 aromatic rings. The predicted molar refractivity (Wildman–Crippen MR) is 142 cm³/mol. The van der Waals surface area contributed by atoms with E-state index < -0.39 is 22.7 Å². The van der Waals surface area contributed by atoms with Crippen molar-refractivity contribution < 1.29 is 14.0 Å². The first-order valence-electron chi connectivity index (χ1n) is 11.6. The Balaban J connectivity index is 2.32. The second-order valence-corrected chi connectivity index (χ2v) is 22.5. The summed E-state index contributed by atoms with van der Waals surface area (Å²) >= 11 is 12.7. The van der Waals surface area contributed by atoms with Crippen molar-refractivity contribution >= 4 is 39.8 Å². The van der Waals surface area contributed by atoms with Crippen LogP contribution in [-0.4, -0.2) is 46.5 Å². The molecule has 0 spiro atoms. The van der Waals surface area contributed by atoms with Crippen molar-refractivity contribution in [3.63, 3.8) is 0 Å². The number of benzene rings is 1. The van der Waals surface area contributed by atoms with Crippen LogP contribution in [0.1, 0.15) is 59.6 Å². The lowest BCUT2D eigenvalue weighted by atomic mass is 9.99. The fourth-order valence-electron chi connectivity index (χ4n) is 3.50. The molecular weight excluding hydrogens is 477 g/mol. The van der Waals surface area contributed by atoms with Gasteiger partial charge < -0.3 is 19.3 Å². The van der Waals surface area contributed by atoms with E-state index in [9.17, 15) is 5.11 Å². The molecule has 0 unspecified atom stereocenters. The third-order valence-electron chi connectivity index (χ3n) is 7.64. The van der Waals surface area contributed by atoms with Gasteiger partial charge in [0.2, 0.25) is 0 Å². The summed E-state index contributed by atoms with van der Waals surface area (Å²) in [6, 6.07) is 5.27. The standard InChI is InChI=1S/C24H43Cl2NO3Si2/c1-23(2,3)31(7,8)29-20-15-27-18(22(20)30-32(9,10)24(4,5)6)14-19(28)21-16(25)12-11-13-17(21)26/h11-13,18-20,22,27-28H,14-15H2,1-10H3/t18-,19-,20-,22-/m0/s1. The van der Waals surface area contributed by atoms with Crippen LogP contribution >= 0.6 is 23.2 Å². The van der Waals surface area contributed by atoms with Crippen LogP contribution in [0.25, 0.3) is 0 Å². The molecule has 0 aromatic heterocycles. The van der Waals surface area contributed by atoms with Crippen molar-refractivity contribution in [2.24, 2.45) is 0 Å². The topological polar surface area (TPSA) is 50.7 Å². The molecule has 0 aliphatic carbocycles. The van der Waals surface area contributed by atoms with Gasteiger partial charge in [-0.25, -0.2) is 0 Å². The monoisotopic (exact) mass is 519 g/mol. The summed E-state index contributed by atoms with van der Waals surface area (Å²) in [5.41, 5.74) is 0.581. The normalized spacial score (nSPS) is 24.1. The smallest absolute Gasteiger partial charge is 0.192 e. The molecule has 1 aliphatic rings. The minimum absolute atomic E-state index is 0.0519. The van der Waals surface area contributed by atoms with E-state index in [4.69, 9.17) is 32.1 Å². The Kier molecular flexibility index (Phi) is 8.83. The zero-order valence-corrected chi connectivity index (χ0v) is 25.0. The molecular formula is C24H43Cl2NO3Si2. The highest BCUT2D eigenvalue weighted by Gasteiger charge is 2.49. The molecule has 1 aromatic carbocycles. The van der Waals surface area contributed by atoms with Gasteiger partial charge in [-0.15, -0.1) is 0 Å². The Morgan fingerprint density at radius 1 is 0.969 bits per heavy atom. The fraction of sp³-hybridized carbons (Fsp3) is 0.750. The fourth-order valence-corrected chi connectivity index (χ4v) is 6.83. The summed E-state index contributed by atoms with van der Waals surface area (Å²) in [5.74, 6) is 0. The SMILES string of the molecule is CC(C)(C)[Si](C)(C)O[C@H]1[C@H](C[C@H](O)c2c(Cl)cccc2Cl)NC[C@@H]1O[Si](C)(C)C(C)(C)C. The van der Waals surface area contributed by atoms with E-state index >= 15 is 0 Å². The molecule has 1 saturated heterocycles. The van der Waals surface area contributed by atoms with Gasteiger partial charge in [0.05, 0.1) is 18.3 Å².